The second-order valence-corrected chi connectivity index (χ2v) is 9.48. The SMILES string of the molecule is CC(C)(C)CC1NC(C(=O)O)C(c2ccccn2)C12C(=O)Nc1cc(Cl)ccc12. The summed E-state index contributed by atoms with van der Waals surface area (Å²) in [5, 5.41) is 16.8. The molecule has 3 heterocycles. The number of carboxylic acid groups (broad SMARTS) is 1. The maximum Gasteiger partial charge on any atom is 0.321 e. The number of nitrogens with zero attached hydrogens (tertiary/aromatic N) is 1. The Kier molecular flexibility index (Phi) is 4.67. The standard InChI is InChI=1S/C22H24ClN3O3/c1-21(2,3)11-16-22(13-8-7-12(23)10-15(13)25-20(22)29)17(18(26-16)19(27)28)14-6-4-5-9-24-14/h4-10,16-18,26H,11H2,1-3H3,(H,25,29)(H,27,28). The van der Waals surface area contributed by atoms with Crippen LogP contribution in [0.4, 0.5) is 5.69 Å². The van der Waals surface area contributed by atoms with Gasteiger partial charge in [0.25, 0.3) is 0 Å². The van der Waals surface area contributed by atoms with Gasteiger partial charge in [-0.2, -0.15) is 0 Å². The van der Waals surface area contributed by atoms with Crippen molar-refractivity contribution >= 4 is 29.2 Å². The summed E-state index contributed by atoms with van der Waals surface area (Å²) in [6.45, 7) is 6.26. The maximum atomic E-state index is 13.6. The van der Waals surface area contributed by atoms with Crippen LogP contribution in [0, 0.1) is 5.41 Å². The second kappa shape index (κ2) is 6.82. The molecule has 1 aromatic carbocycles. The van der Waals surface area contributed by atoms with Crippen molar-refractivity contribution in [3.8, 4) is 0 Å². The number of carboxylic acids is 1. The van der Waals surface area contributed by atoms with E-state index in [0.29, 0.717) is 22.8 Å². The predicted octanol–water partition coefficient (Wildman–Crippen LogP) is 3.57. The minimum Gasteiger partial charge on any atom is -0.480 e. The molecule has 29 heavy (non-hydrogen) atoms. The number of halogens is 1. The van der Waals surface area contributed by atoms with Crippen LogP contribution in [0.5, 0.6) is 0 Å². The van der Waals surface area contributed by atoms with E-state index in [1.165, 1.54) is 0 Å². The third-order valence-corrected chi connectivity index (χ3v) is 6.13. The Morgan fingerprint density at radius 3 is 2.66 bits per heavy atom. The normalized spacial score (nSPS) is 28.4. The average molecular weight is 414 g/mol. The lowest BCUT2D eigenvalue weighted by molar-refractivity contribution is -0.139. The molecule has 152 valence electrons. The molecule has 0 aliphatic carbocycles. The van der Waals surface area contributed by atoms with E-state index in [4.69, 9.17) is 11.6 Å². The number of carbonyl (C=O) groups is 2. The van der Waals surface area contributed by atoms with Gasteiger partial charge in [-0.15, -0.1) is 0 Å². The summed E-state index contributed by atoms with van der Waals surface area (Å²) in [5.74, 6) is -1.86. The van der Waals surface area contributed by atoms with Gasteiger partial charge in [-0.05, 0) is 41.7 Å². The summed E-state index contributed by atoms with van der Waals surface area (Å²) in [5.41, 5.74) is 0.775. The third-order valence-electron chi connectivity index (χ3n) is 5.89. The molecule has 2 aliphatic rings. The molecule has 0 bridgehead atoms. The van der Waals surface area contributed by atoms with Crippen LogP contribution in [0.15, 0.2) is 42.6 Å². The largest absolute Gasteiger partial charge is 0.480 e. The van der Waals surface area contributed by atoms with Gasteiger partial charge in [-0.1, -0.05) is 44.5 Å². The van der Waals surface area contributed by atoms with Crippen LogP contribution in [0.25, 0.3) is 0 Å². The number of carbonyl (C=O) groups excluding carboxylic acids is 1. The van der Waals surface area contributed by atoms with Crippen LogP contribution in [0.1, 0.15) is 44.4 Å². The van der Waals surface area contributed by atoms with Crippen LogP contribution < -0.4 is 10.6 Å². The molecule has 4 atom stereocenters. The number of fused-ring (bicyclic) bond motifs is 2. The molecule has 4 unspecified atom stereocenters. The Balaban J connectivity index is 1.99. The summed E-state index contributed by atoms with van der Waals surface area (Å²) in [6.07, 6.45) is 2.25. The zero-order valence-electron chi connectivity index (χ0n) is 16.6. The number of aliphatic carboxylic acids is 1. The number of benzene rings is 1. The molecule has 1 aromatic heterocycles. The molecular formula is C22H24ClN3O3. The lowest BCUT2D eigenvalue weighted by atomic mass is 9.63. The van der Waals surface area contributed by atoms with Gasteiger partial charge in [-0.3, -0.25) is 19.9 Å². The first kappa shape index (κ1) is 19.9. The molecule has 0 saturated carbocycles. The van der Waals surface area contributed by atoms with Crippen LogP contribution in [0.3, 0.4) is 0 Å². The van der Waals surface area contributed by atoms with E-state index in [1.54, 1.807) is 30.5 Å². The van der Waals surface area contributed by atoms with E-state index < -0.39 is 23.3 Å². The lowest BCUT2D eigenvalue weighted by Gasteiger charge is -2.37. The number of rotatable bonds is 3. The molecule has 0 radical (unpaired) electrons. The smallest absolute Gasteiger partial charge is 0.321 e. The number of anilines is 1. The van der Waals surface area contributed by atoms with E-state index >= 15 is 0 Å². The van der Waals surface area contributed by atoms with E-state index in [1.807, 2.05) is 12.1 Å². The van der Waals surface area contributed by atoms with Crippen molar-refractivity contribution in [3.05, 3.63) is 58.9 Å². The topological polar surface area (TPSA) is 91.3 Å². The lowest BCUT2D eigenvalue weighted by Crippen LogP contribution is -2.49. The minimum atomic E-state index is -1.09. The fraction of sp³-hybridized carbons (Fsp3) is 0.409. The molecule has 1 spiro atoms. The highest BCUT2D eigenvalue weighted by Crippen LogP contribution is 2.56. The maximum absolute atomic E-state index is 13.6. The quantitative estimate of drug-likeness (QED) is 0.715. The van der Waals surface area contributed by atoms with Crippen LogP contribution in [0.2, 0.25) is 5.02 Å². The predicted molar refractivity (Wildman–Crippen MR) is 111 cm³/mol. The zero-order chi connectivity index (χ0) is 21.0. The molecule has 2 aromatic rings. The van der Waals surface area contributed by atoms with Gasteiger partial charge in [-0.25, -0.2) is 0 Å². The fourth-order valence-corrected chi connectivity index (χ4v) is 5.09. The van der Waals surface area contributed by atoms with Crippen molar-refractivity contribution in [3.63, 3.8) is 0 Å². The summed E-state index contributed by atoms with van der Waals surface area (Å²) in [4.78, 5) is 30.3. The zero-order valence-corrected chi connectivity index (χ0v) is 17.3. The highest BCUT2D eigenvalue weighted by molar-refractivity contribution is 6.31. The van der Waals surface area contributed by atoms with Gasteiger partial charge in [0, 0.05) is 34.6 Å². The van der Waals surface area contributed by atoms with Crippen LogP contribution in [-0.2, 0) is 15.0 Å². The van der Waals surface area contributed by atoms with Crippen molar-refractivity contribution in [2.45, 2.75) is 50.6 Å². The van der Waals surface area contributed by atoms with Gasteiger partial charge in [0.2, 0.25) is 5.91 Å². The minimum absolute atomic E-state index is 0.123. The fourth-order valence-electron chi connectivity index (χ4n) is 4.92. The van der Waals surface area contributed by atoms with E-state index in [2.05, 4.69) is 36.4 Å². The van der Waals surface area contributed by atoms with Gasteiger partial charge >= 0.3 is 5.97 Å². The molecule has 1 fully saturated rings. The molecule has 3 N–H and O–H groups in total. The van der Waals surface area contributed by atoms with Crippen molar-refractivity contribution in [2.24, 2.45) is 5.41 Å². The second-order valence-electron chi connectivity index (χ2n) is 9.05. The summed E-state index contributed by atoms with van der Waals surface area (Å²) in [6, 6.07) is 9.40. The Bertz CT molecular complexity index is 973. The van der Waals surface area contributed by atoms with Gasteiger partial charge in [0.15, 0.2) is 0 Å². The Morgan fingerprint density at radius 2 is 2.03 bits per heavy atom. The Hall–Kier alpha value is -2.44. The molecule has 2 aliphatic heterocycles. The van der Waals surface area contributed by atoms with Gasteiger partial charge in [0.1, 0.15) is 11.5 Å². The molecule has 6 nitrogen and oxygen atoms in total. The van der Waals surface area contributed by atoms with Crippen LogP contribution >= 0.6 is 11.6 Å². The molecule has 4 rings (SSSR count). The first-order valence-corrected chi connectivity index (χ1v) is 10.0. The molecule has 1 saturated heterocycles. The van der Waals surface area contributed by atoms with Crippen molar-refractivity contribution in [2.75, 3.05) is 5.32 Å². The first-order chi connectivity index (χ1) is 13.6. The molecule has 7 heteroatoms. The number of aromatic nitrogens is 1. The highest BCUT2D eigenvalue weighted by Gasteiger charge is 2.66. The van der Waals surface area contributed by atoms with Gasteiger partial charge in [0.05, 0.1) is 0 Å². The molecular weight excluding hydrogens is 390 g/mol. The third kappa shape index (κ3) is 3.11. The number of hydrogen-bond acceptors (Lipinski definition) is 4. The summed E-state index contributed by atoms with van der Waals surface area (Å²) >= 11 is 6.17. The van der Waals surface area contributed by atoms with Crippen molar-refractivity contribution in [1.82, 2.24) is 10.3 Å². The summed E-state index contributed by atoms with van der Waals surface area (Å²) in [7, 11) is 0. The van der Waals surface area contributed by atoms with Crippen molar-refractivity contribution in [1.29, 1.82) is 0 Å². The summed E-state index contributed by atoms with van der Waals surface area (Å²) < 4.78 is 0. The van der Waals surface area contributed by atoms with E-state index in [-0.39, 0.29) is 17.4 Å². The van der Waals surface area contributed by atoms with Crippen molar-refractivity contribution < 1.29 is 14.7 Å². The first-order valence-electron chi connectivity index (χ1n) is 9.66. The monoisotopic (exact) mass is 413 g/mol. The Morgan fingerprint density at radius 1 is 1.28 bits per heavy atom. The van der Waals surface area contributed by atoms with Gasteiger partial charge < -0.3 is 10.4 Å². The molecule has 1 amide bonds. The van der Waals surface area contributed by atoms with E-state index in [0.717, 1.165) is 5.56 Å². The average Bonchev–Trinajstić information content (AvgIpc) is 3.11. The number of amides is 1. The number of hydrogen-bond donors (Lipinski definition) is 3. The number of nitrogens with one attached hydrogen (secondary N) is 2. The van der Waals surface area contributed by atoms with Crippen LogP contribution in [-0.4, -0.2) is 34.1 Å². The number of pyridine rings is 1. The Labute approximate surface area is 174 Å². The highest BCUT2D eigenvalue weighted by atomic mass is 35.5. The van der Waals surface area contributed by atoms with E-state index in [9.17, 15) is 14.7 Å².